The van der Waals surface area contributed by atoms with E-state index in [0.717, 1.165) is 38.6 Å². The first kappa shape index (κ1) is 36.9. The van der Waals surface area contributed by atoms with Crippen LogP contribution in [-0.4, -0.2) is 50.1 Å². The fraction of sp³-hybridized carbons (Fsp3) is 0.500. The molecule has 4 aliphatic heterocycles. The predicted molar refractivity (Wildman–Crippen MR) is 203 cm³/mol. The maximum absolute atomic E-state index is 13.8. The Bertz CT molecular complexity index is 2260. The van der Waals surface area contributed by atoms with Crippen LogP contribution in [0.25, 0.3) is 22.3 Å². The van der Waals surface area contributed by atoms with Gasteiger partial charge in [0.05, 0.1) is 51.4 Å². The normalized spacial score (nSPS) is 23.3. The number of carbonyl (C=O) groups excluding carboxylic acids is 1. The fourth-order valence-corrected chi connectivity index (χ4v) is 7.87. The number of cyclic esters (lactones) is 1. The van der Waals surface area contributed by atoms with Gasteiger partial charge in [0.15, 0.2) is 11.9 Å². The molecule has 0 aliphatic carbocycles. The summed E-state index contributed by atoms with van der Waals surface area (Å²) in [5, 5.41) is 12.2. The molecule has 2 aromatic heterocycles. The van der Waals surface area contributed by atoms with Crippen molar-refractivity contribution >= 4 is 29.5 Å². The van der Waals surface area contributed by atoms with Crippen LogP contribution in [0.1, 0.15) is 115 Å². The topological polar surface area (TPSA) is 128 Å². The third kappa shape index (κ3) is 5.47. The van der Waals surface area contributed by atoms with Crippen LogP contribution in [0.4, 0.5) is 0 Å². The highest BCUT2D eigenvalue weighted by molar-refractivity contribution is 6.62. The van der Waals surface area contributed by atoms with Crippen LogP contribution in [0.2, 0.25) is 0 Å². The zero-order valence-electron chi connectivity index (χ0n) is 32.8. The van der Waals surface area contributed by atoms with Crippen LogP contribution in [-0.2, 0) is 60.1 Å². The molecular formula is C42H49BN2O9. The van der Waals surface area contributed by atoms with Gasteiger partial charge < -0.3 is 37.9 Å². The molecule has 12 heteroatoms. The predicted octanol–water partition coefficient (Wildman–Crippen LogP) is 6.12. The molecule has 1 atom stereocenters. The largest absolute Gasteiger partial charge is 0.495 e. The van der Waals surface area contributed by atoms with Crippen molar-refractivity contribution < 1.29 is 38.2 Å². The van der Waals surface area contributed by atoms with Crippen LogP contribution in [0.15, 0.2) is 47.3 Å². The SMILES string of the molecule is CCc1c2c(nc3ccc(OCc4ccc(B5OC(C)(C)C(C)(C)O5)c(C5OC(C)(C)C(C)(C)O5)c4)cc13)-c1cc3c(c(=O)n1C2)COC(=O)[C@]3(O)CC. The smallest absolute Gasteiger partial charge is 0.489 e. The molecule has 0 saturated carbocycles. The van der Waals surface area contributed by atoms with E-state index in [1.807, 2.05) is 85.7 Å². The van der Waals surface area contributed by atoms with Crippen molar-refractivity contribution in [1.82, 2.24) is 9.55 Å². The molecule has 0 radical (unpaired) electrons. The minimum atomic E-state index is -1.88. The molecule has 2 fully saturated rings. The summed E-state index contributed by atoms with van der Waals surface area (Å²) in [5.41, 5.74) is 3.03. The van der Waals surface area contributed by atoms with Gasteiger partial charge in [0.1, 0.15) is 19.0 Å². The molecule has 4 aliphatic rings. The molecule has 1 N–H and O–H groups in total. The van der Waals surface area contributed by atoms with Crippen molar-refractivity contribution in [1.29, 1.82) is 0 Å². The number of ether oxygens (including phenoxy) is 4. The minimum Gasteiger partial charge on any atom is -0.489 e. The lowest BCUT2D eigenvalue weighted by Gasteiger charge is -2.32. The Balaban J connectivity index is 1.11. The maximum atomic E-state index is 13.8. The molecule has 284 valence electrons. The number of pyridine rings is 2. The first-order chi connectivity index (χ1) is 25.3. The summed E-state index contributed by atoms with van der Waals surface area (Å²) >= 11 is 0. The molecular weight excluding hydrogens is 687 g/mol. The van der Waals surface area contributed by atoms with Gasteiger partial charge in [-0.2, -0.15) is 0 Å². The second-order valence-corrected chi connectivity index (χ2v) is 17.0. The maximum Gasteiger partial charge on any atom is 0.495 e. The van der Waals surface area contributed by atoms with Crippen molar-refractivity contribution in [3.63, 3.8) is 0 Å². The molecule has 0 amide bonds. The highest BCUT2D eigenvalue weighted by atomic mass is 16.7. The molecule has 0 unspecified atom stereocenters. The first-order valence-corrected chi connectivity index (χ1v) is 18.9. The van der Waals surface area contributed by atoms with E-state index in [0.29, 0.717) is 41.2 Å². The number of nitrogens with zero attached hydrogens (tertiary/aromatic N) is 2. The van der Waals surface area contributed by atoms with E-state index in [1.165, 1.54) is 0 Å². The molecule has 0 bridgehead atoms. The van der Waals surface area contributed by atoms with Crippen LogP contribution >= 0.6 is 0 Å². The number of rotatable bonds is 7. The van der Waals surface area contributed by atoms with Crippen molar-refractivity contribution in [2.24, 2.45) is 0 Å². The molecule has 8 rings (SSSR count). The van der Waals surface area contributed by atoms with Crippen molar-refractivity contribution in [3.8, 4) is 17.1 Å². The summed E-state index contributed by atoms with van der Waals surface area (Å²) in [6.07, 6.45) is 0.161. The van der Waals surface area contributed by atoms with Gasteiger partial charge in [0.25, 0.3) is 5.56 Å². The number of aromatic nitrogens is 2. The number of carbonyl (C=O) groups is 1. The Morgan fingerprint density at radius 2 is 1.57 bits per heavy atom. The Labute approximate surface area is 316 Å². The summed E-state index contributed by atoms with van der Waals surface area (Å²) in [4.78, 5) is 31.4. The van der Waals surface area contributed by atoms with E-state index >= 15 is 0 Å². The zero-order chi connectivity index (χ0) is 38.7. The molecule has 2 saturated heterocycles. The summed E-state index contributed by atoms with van der Waals surface area (Å²) in [6.45, 7) is 20.6. The minimum absolute atomic E-state index is 0.0900. The molecule has 4 aromatic rings. The van der Waals surface area contributed by atoms with Crippen LogP contribution in [0.5, 0.6) is 5.75 Å². The average molecular weight is 737 g/mol. The molecule has 54 heavy (non-hydrogen) atoms. The van der Waals surface area contributed by atoms with Crippen molar-refractivity contribution in [2.45, 2.75) is 136 Å². The third-order valence-electron chi connectivity index (χ3n) is 12.7. The lowest BCUT2D eigenvalue weighted by molar-refractivity contribution is -0.172. The Kier molecular flexibility index (Phi) is 8.35. The van der Waals surface area contributed by atoms with E-state index in [4.69, 9.17) is 33.2 Å². The van der Waals surface area contributed by atoms with E-state index < -0.39 is 47.4 Å². The van der Waals surface area contributed by atoms with Crippen LogP contribution < -0.4 is 15.8 Å². The number of hydrogen-bond donors (Lipinski definition) is 1. The molecule has 11 nitrogen and oxygen atoms in total. The third-order valence-corrected chi connectivity index (χ3v) is 12.7. The Hall–Kier alpha value is -4.07. The van der Waals surface area contributed by atoms with E-state index in [9.17, 15) is 14.7 Å². The standard InChI is InChI=1S/C42H49BN2O9/c1-11-25-26-18-24(14-16-32(26)44-34-28(25)20-45-33(34)19-30-29(35(45)46)22-50-37(47)42(30,48)12-2)49-21-23-13-15-31(43-53-40(7,8)41(9,10)54-43)27(17-23)36-51-38(3,4)39(5,6)52-36/h13-19,36,48H,11-12,20-22H2,1-10H3/t42-/m0/s1. The monoisotopic (exact) mass is 736 g/mol. The molecule has 0 spiro atoms. The lowest BCUT2D eigenvalue weighted by Crippen LogP contribution is -2.44. The number of hydrogen-bond acceptors (Lipinski definition) is 10. The number of benzene rings is 2. The zero-order valence-corrected chi connectivity index (χ0v) is 32.8. The highest BCUT2D eigenvalue weighted by Gasteiger charge is 2.55. The van der Waals surface area contributed by atoms with E-state index in [2.05, 4.69) is 13.0 Å². The molecule has 2 aromatic carbocycles. The summed E-state index contributed by atoms with van der Waals surface area (Å²) in [6, 6.07) is 13.7. The number of aliphatic hydroxyl groups is 1. The lowest BCUT2D eigenvalue weighted by atomic mass is 9.75. The van der Waals surface area contributed by atoms with Gasteiger partial charge in [-0.05, 0) is 115 Å². The summed E-state index contributed by atoms with van der Waals surface area (Å²) in [7, 11) is -0.595. The van der Waals surface area contributed by atoms with Crippen molar-refractivity contribution in [2.75, 3.05) is 0 Å². The van der Waals surface area contributed by atoms with Crippen LogP contribution in [0.3, 0.4) is 0 Å². The van der Waals surface area contributed by atoms with Gasteiger partial charge in [-0.3, -0.25) is 4.79 Å². The average Bonchev–Trinajstić information content (AvgIpc) is 3.67. The van der Waals surface area contributed by atoms with E-state index in [1.54, 1.807) is 17.6 Å². The van der Waals surface area contributed by atoms with Gasteiger partial charge in [-0.25, -0.2) is 9.78 Å². The first-order valence-electron chi connectivity index (χ1n) is 18.9. The Morgan fingerprint density at radius 1 is 0.889 bits per heavy atom. The van der Waals surface area contributed by atoms with Gasteiger partial charge in [0, 0.05) is 22.1 Å². The van der Waals surface area contributed by atoms with Gasteiger partial charge in [0.2, 0.25) is 0 Å². The second-order valence-electron chi connectivity index (χ2n) is 17.0. The van der Waals surface area contributed by atoms with E-state index in [-0.39, 0.29) is 25.2 Å². The summed E-state index contributed by atoms with van der Waals surface area (Å²) < 4.78 is 39.4. The fourth-order valence-electron chi connectivity index (χ4n) is 7.87. The number of fused-ring (bicyclic) bond motifs is 5. The second kappa shape index (κ2) is 12.2. The number of aryl methyl sites for hydroxylation is 1. The summed E-state index contributed by atoms with van der Waals surface area (Å²) in [5.74, 6) is -0.0588. The number of esters is 1. The quantitative estimate of drug-likeness (QED) is 0.154. The van der Waals surface area contributed by atoms with Gasteiger partial charge in [-0.15, -0.1) is 0 Å². The molecule has 6 heterocycles. The Morgan fingerprint density at radius 3 is 2.22 bits per heavy atom. The van der Waals surface area contributed by atoms with Crippen LogP contribution in [0, 0.1) is 0 Å². The van der Waals surface area contributed by atoms with Crippen molar-refractivity contribution in [3.05, 3.63) is 86.2 Å². The van der Waals surface area contributed by atoms with Gasteiger partial charge >= 0.3 is 13.1 Å². The highest BCUT2D eigenvalue weighted by Crippen LogP contribution is 2.46. The van der Waals surface area contributed by atoms with Gasteiger partial charge in [-0.1, -0.05) is 26.0 Å².